The predicted octanol–water partition coefficient (Wildman–Crippen LogP) is 7.41. The fourth-order valence-corrected chi connectivity index (χ4v) is 7.51. The maximum Gasteiger partial charge on any atom is 0.514 e. The van der Waals surface area contributed by atoms with E-state index in [-0.39, 0.29) is 53.1 Å². The molecular formula is C51H60ClN5O12. The molecule has 5 rings (SSSR count). The number of fused-ring (bicyclic) bond motifs is 5. The molecule has 1 aliphatic rings. The van der Waals surface area contributed by atoms with Crippen LogP contribution in [0.3, 0.4) is 0 Å². The highest BCUT2D eigenvalue weighted by Gasteiger charge is 2.36. The number of likely N-dealkylation sites (N-methyl/N-ethyl adjacent to an activating group) is 1. The van der Waals surface area contributed by atoms with E-state index in [1.54, 1.807) is 90.1 Å². The van der Waals surface area contributed by atoms with Gasteiger partial charge in [0.25, 0.3) is 5.91 Å². The van der Waals surface area contributed by atoms with Gasteiger partial charge in [0.1, 0.15) is 46.9 Å². The monoisotopic (exact) mass is 969 g/mol. The summed E-state index contributed by atoms with van der Waals surface area (Å²) in [4.78, 5) is 96.6. The van der Waals surface area contributed by atoms with Gasteiger partial charge in [-0.25, -0.2) is 14.4 Å². The molecule has 4 aromatic rings. The second kappa shape index (κ2) is 22.8. The number of methoxy groups -OCH3 is 1. The molecule has 0 aliphatic carbocycles. The van der Waals surface area contributed by atoms with Crippen LogP contribution in [0.4, 0.5) is 9.59 Å². The number of unbranched alkanes of at least 4 members (excludes halogenated alkanes) is 1. The number of hydrogen-bond donors (Lipinski definition) is 5. The van der Waals surface area contributed by atoms with Crippen LogP contribution in [0.5, 0.6) is 11.5 Å². The Morgan fingerprint density at radius 1 is 0.812 bits per heavy atom. The quantitative estimate of drug-likeness (QED) is 0.0405. The average Bonchev–Trinajstić information content (AvgIpc) is 3.27. The van der Waals surface area contributed by atoms with Crippen molar-refractivity contribution in [3.63, 3.8) is 0 Å². The molecule has 17 nitrogen and oxygen atoms in total. The Hall–Kier alpha value is -7.14. The van der Waals surface area contributed by atoms with Gasteiger partial charge in [0.05, 0.1) is 7.11 Å². The van der Waals surface area contributed by atoms with Crippen molar-refractivity contribution < 1.29 is 57.6 Å². The van der Waals surface area contributed by atoms with Gasteiger partial charge in [0.15, 0.2) is 0 Å². The van der Waals surface area contributed by atoms with Gasteiger partial charge in [-0.05, 0) is 139 Å². The molecule has 0 aromatic heterocycles. The summed E-state index contributed by atoms with van der Waals surface area (Å²) in [7, 11) is 2.52. The number of benzene rings is 4. The Labute approximate surface area is 406 Å². The van der Waals surface area contributed by atoms with Crippen molar-refractivity contribution in [2.45, 2.75) is 110 Å². The number of phenols is 1. The largest absolute Gasteiger partial charge is 0.514 e. The molecule has 0 fully saturated rings. The highest BCUT2D eigenvalue weighted by Crippen LogP contribution is 2.40. The molecule has 4 bridgehead atoms. The van der Waals surface area contributed by atoms with E-state index in [2.05, 4.69) is 21.3 Å². The minimum absolute atomic E-state index is 0.0598. The molecule has 368 valence electrons. The first-order chi connectivity index (χ1) is 32.4. The summed E-state index contributed by atoms with van der Waals surface area (Å²) in [6.07, 6.45) is -0.993. The summed E-state index contributed by atoms with van der Waals surface area (Å²) in [5.74, 6) is -4.01. The first kappa shape index (κ1) is 52.8. The smallest absolute Gasteiger partial charge is 0.507 e. The standard InChI is InChI=1S/C51H60ClN5O12/c1-29-43(59)56-39(47(63)66-9)27-30-13-24-41(67-49(65)69-51(5,6)7)37(26-30)36-28-34(20-23-40(36)58)42(45(61)54-29)57(8)46(62)38(12-10-11-25-53-48(64)68-50(2,3)4)55-44(60)33-16-14-31(15-17-33)32-18-21-35(52)22-19-32/h13-24,26,28-29,38-39,42,58H,10-12,25,27H2,1-9H3,(H,53,64)(H,54,61)(H,55,60)(H,56,59)/t29-,38-,39-,42-/m0/s1. The van der Waals surface area contributed by atoms with Gasteiger partial charge >= 0.3 is 18.2 Å². The van der Waals surface area contributed by atoms with Gasteiger partial charge in [0, 0.05) is 41.7 Å². The summed E-state index contributed by atoms with van der Waals surface area (Å²) in [5.41, 5.74) is 1.12. The van der Waals surface area contributed by atoms with E-state index in [4.69, 9.17) is 30.5 Å². The maximum absolute atomic E-state index is 14.9. The summed E-state index contributed by atoms with van der Waals surface area (Å²) in [5, 5.41) is 22.8. The number of nitrogens with one attached hydrogen (secondary N) is 4. The lowest BCUT2D eigenvalue weighted by Crippen LogP contribution is -2.55. The number of carbonyl (C=O) groups excluding carboxylic acids is 7. The fourth-order valence-electron chi connectivity index (χ4n) is 7.39. The minimum atomic E-state index is -1.52. The second-order valence-electron chi connectivity index (χ2n) is 18.6. The number of phenolic OH excluding ortho intramolecular Hbond substituents is 1. The molecular weight excluding hydrogens is 910 g/mol. The SMILES string of the molecule is COC(=O)[C@@H]1Cc2ccc(OC(=O)OC(C)(C)C)c(c2)-c2cc(ccc2O)[C@H](N(C)C(=O)[C@H](CCCCNC(=O)OC(C)(C)C)NC(=O)c2ccc(-c3ccc(Cl)cc3)cc2)C(=O)N[C@@H](C)C(=O)N1. The third-order valence-corrected chi connectivity index (χ3v) is 11.0. The molecule has 0 spiro atoms. The lowest BCUT2D eigenvalue weighted by molar-refractivity contribution is -0.145. The highest BCUT2D eigenvalue weighted by molar-refractivity contribution is 6.30. The lowest BCUT2D eigenvalue weighted by atomic mass is 9.93. The lowest BCUT2D eigenvalue weighted by Gasteiger charge is -2.32. The topological polar surface area (TPSA) is 228 Å². The van der Waals surface area contributed by atoms with Gasteiger partial charge in [0.2, 0.25) is 17.7 Å². The van der Waals surface area contributed by atoms with Crippen molar-refractivity contribution >= 4 is 53.4 Å². The first-order valence-corrected chi connectivity index (χ1v) is 22.8. The average molecular weight is 971 g/mol. The number of nitrogens with zero attached hydrogens (tertiary/aromatic N) is 1. The fraction of sp³-hybridized carbons (Fsp3) is 0.392. The van der Waals surface area contributed by atoms with Gasteiger partial charge < -0.3 is 50.2 Å². The number of halogens is 1. The first-order valence-electron chi connectivity index (χ1n) is 22.4. The van der Waals surface area contributed by atoms with Crippen molar-refractivity contribution in [1.29, 1.82) is 0 Å². The third-order valence-electron chi connectivity index (χ3n) is 10.7. The number of rotatable bonds is 12. The van der Waals surface area contributed by atoms with Gasteiger partial charge in [-0.15, -0.1) is 0 Å². The summed E-state index contributed by atoms with van der Waals surface area (Å²) >= 11 is 6.08. The van der Waals surface area contributed by atoms with Gasteiger partial charge in [-0.2, -0.15) is 0 Å². The Kier molecular flexibility index (Phi) is 17.4. The molecule has 0 saturated heterocycles. The van der Waals surface area contributed by atoms with Crippen LogP contribution in [0.25, 0.3) is 22.3 Å². The molecule has 4 aromatic carbocycles. The molecule has 4 atom stereocenters. The van der Waals surface area contributed by atoms with Crippen LogP contribution in [-0.2, 0) is 39.8 Å². The number of esters is 1. The van der Waals surface area contributed by atoms with Gasteiger partial charge in [-0.3, -0.25) is 19.2 Å². The Balaban J connectivity index is 1.55. The minimum Gasteiger partial charge on any atom is -0.507 e. The maximum atomic E-state index is 14.9. The normalized spacial score (nSPS) is 16.6. The van der Waals surface area contributed by atoms with Crippen LogP contribution in [0.1, 0.15) is 95.3 Å². The van der Waals surface area contributed by atoms with Crippen molar-refractivity contribution in [3.05, 3.63) is 107 Å². The highest BCUT2D eigenvalue weighted by atomic mass is 35.5. The molecule has 5 amide bonds. The van der Waals surface area contributed by atoms with Crippen molar-refractivity contribution in [2.24, 2.45) is 0 Å². The van der Waals surface area contributed by atoms with E-state index < -0.39 is 77.2 Å². The number of alkyl carbamates (subject to hydrolysis) is 1. The number of hydrogen-bond acceptors (Lipinski definition) is 12. The zero-order valence-corrected chi connectivity index (χ0v) is 40.9. The van der Waals surface area contributed by atoms with Crippen molar-refractivity contribution in [1.82, 2.24) is 26.2 Å². The Bertz CT molecular complexity index is 2540. The molecule has 1 heterocycles. The van der Waals surface area contributed by atoms with E-state index in [1.165, 1.54) is 38.2 Å². The zero-order valence-electron chi connectivity index (χ0n) is 40.2. The van der Waals surface area contributed by atoms with Crippen LogP contribution in [0.2, 0.25) is 5.02 Å². The van der Waals surface area contributed by atoms with Crippen LogP contribution in [0, 0.1) is 0 Å². The molecule has 69 heavy (non-hydrogen) atoms. The number of aromatic hydroxyl groups is 1. The molecule has 0 radical (unpaired) electrons. The van der Waals surface area contributed by atoms with Crippen LogP contribution in [-0.4, -0.2) is 102 Å². The molecule has 0 unspecified atom stereocenters. The predicted molar refractivity (Wildman–Crippen MR) is 257 cm³/mol. The van der Waals surface area contributed by atoms with Crippen LogP contribution < -0.4 is 26.0 Å². The molecule has 1 aliphatic heterocycles. The third kappa shape index (κ3) is 14.9. The number of ether oxygens (including phenoxy) is 4. The van der Waals surface area contributed by atoms with Crippen LogP contribution in [0.15, 0.2) is 84.9 Å². The van der Waals surface area contributed by atoms with Crippen molar-refractivity contribution in [3.8, 4) is 33.8 Å². The number of amides is 5. The second-order valence-corrected chi connectivity index (χ2v) is 19.0. The Morgan fingerprint density at radius 3 is 2.07 bits per heavy atom. The molecule has 0 saturated carbocycles. The van der Waals surface area contributed by atoms with E-state index in [0.29, 0.717) is 23.4 Å². The summed E-state index contributed by atoms with van der Waals surface area (Å²) in [6.45, 7) is 11.8. The van der Waals surface area contributed by atoms with Crippen LogP contribution >= 0.6 is 11.6 Å². The van der Waals surface area contributed by atoms with Crippen molar-refractivity contribution in [2.75, 3.05) is 20.7 Å². The zero-order chi connectivity index (χ0) is 50.8. The Morgan fingerprint density at radius 2 is 1.45 bits per heavy atom. The summed E-state index contributed by atoms with van der Waals surface area (Å²) < 4.78 is 21.4. The summed E-state index contributed by atoms with van der Waals surface area (Å²) in [6, 6.07) is 17.4. The molecule has 18 heteroatoms. The van der Waals surface area contributed by atoms with E-state index >= 15 is 0 Å². The van der Waals surface area contributed by atoms with E-state index in [1.807, 2.05) is 12.1 Å². The van der Waals surface area contributed by atoms with E-state index in [9.17, 15) is 38.7 Å². The number of carbonyl (C=O) groups is 7. The van der Waals surface area contributed by atoms with Gasteiger partial charge in [-0.1, -0.05) is 48.0 Å². The van der Waals surface area contributed by atoms with E-state index in [0.717, 1.165) is 23.1 Å². The molecule has 5 N–H and O–H groups in total.